The van der Waals surface area contributed by atoms with Crippen LogP contribution in [0.1, 0.15) is 71.1 Å². The van der Waals surface area contributed by atoms with Crippen LogP contribution in [0, 0.1) is 17.3 Å². The molecule has 3 heteroatoms. The molecule has 3 N–H and O–H groups in total. The summed E-state index contributed by atoms with van der Waals surface area (Å²) in [6, 6.07) is 14.2. The third-order valence-corrected chi connectivity index (χ3v) is 8.38. The molecule has 160 valence electrons. The van der Waals surface area contributed by atoms with Gasteiger partial charge in [0.15, 0.2) is 0 Å². The Morgan fingerprint density at radius 1 is 1.19 bits per heavy atom. The molecule has 3 aliphatic rings. The number of rotatable bonds is 3. The van der Waals surface area contributed by atoms with Crippen LogP contribution in [0.3, 0.4) is 0 Å². The second-order valence-corrected chi connectivity index (χ2v) is 9.94. The van der Waals surface area contributed by atoms with E-state index in [1.54, 1.807) is 6.07 Å². The van der Waals surface area contributed by atoms with Crippen molar-refractivity contribution in [3.63, 3.8) is 0 Å². The number of amides is 1. The van der Waals surface area contributed by atoms with Gasteiger partial charge in [-0.3, -0.25) is 4.79 Å². The van der Waals surface area contributed by atoms with Crippen LogP contribution in [-0.4, -0.2) is 17.1 Å². The molecule has 0 radical (unpaired) electrons. The van der Waals surface area contributed by atoms with Crippen molar-refractivity contribution in [2.75, 3.05) is 0 Å². The van der Waals surface area contributed by atoms with Crippen LogP contribution < -0.4 is 5.73 Å². The predicted molar refractivity (Wildman–Crippen MR) is 125 cm³/mol. The van der Waals surface area contributed by atoms with Gasteiger partial charge < -0.3 is 10.8 Å². The van der Waals surface area contributed by atoms with E-state index < -0.39 is 12.0 Å². The molecule has 0 spiro atoms. The summed E-state index contributed by atoms with van der Waals surface area (Å²) in [6.07, 6.45) is 9.00. The highest BCUT2D eigenvalue weighted by Gasteiger charge is 2.56. The van der Waals surface area contributed by atoms with Gasteiger partial charge in [0.05, 0.1) is 6.10 Å². The number of aryl methyl sites for hydroxylation is 1. The summed E-state index contributed by atoms with van der Waals surface area (Å²) >= 11 is 0. The first-order valence-corrected chi connectivity index (χ1v) is 11.4. The Morgan fingerprint density at radius 2 is 2.03 bits per heavy atom. The van der Waals surface area contributed by atoms with E-state index in [1.165, 1.54) is 23.1 Å². The summed E-state index contributed by atoms with van der Waals surface area (Å²) in [5.41, 5.74) is 12.1. The van der Waals surface area contributed by atoms with Crippen molar-refractivity contribution < 1.29 is 9.90 Å². The van der Waals surface area contributed by atoms with E-state index in [1.807, 2.05) is 24.3 Å². The van der Waals surface area contributed by atoms with E-state index in [0.29, 0.717) is 23.3 Å². The van der Waals surface area contributed by atoms with E-state index in [9.17, 15) is 9.90 Å². The normalized spacial score (nSPS) is 32.8. The minimum atomic E-state index is -0.430. The SMILES string of the molecule is C=Cc1ccc2c(c1)CCC1C2CCC2(C)C(O)/C(=C/c3cccc(C(N)=O)c3)CC12. The van der Waals surface area contributed by atoms with Crippen LogP contribution in [0.25, 0.3) is 12.2 Å². The predicted octanol–water partition coefficient (Wildman–Crippen LogP) is 5.34. The zero-order valence-electron chi connectivity index (χ0n) is 18.2. The Kier molecular flexibility index (Phi) is 4.90. The van der Waals surface area contributed by atoms with E-state index in [2.05, 4.69) is 37.8 Å². The fourth-order valence-electron chi connectivity index (χ4n) is 6.72. The van der Waals surface area contributed by atoms with Gasteiger partial charge in [-0.2, -0.15) is 0 Å². The Hall–Kier alpha value is -2.65. The molecule has 3 nitrogen and oxygen atoms in total. The third kappa shape index (κ3) is 3.27. The van der Waals surface area contributed by atoms with Gasteiger partial charge in [0.2, 0.25) is 5.91 Å². The van der Waals surface area contributed by atoms with Crippen molar-refractivity contribution in [1.29, 1.82) is 0 Å². The van der Waals surface area contributed by atoms with Crippen molar-refractivity contribution in [3.8, 4) is 0 Å². The highest BCUT2D eigenvalue weighted by molar-refractivity contribution is 5.93. The van der Waals surface area contributed by atoms with Crippen LogP contribution >= 0.6 is 0 Å². The maximum atomic E-state index is 11.6. The number of benzene rings is 2. The first-order chi connectivity index (χ1) is 14.9. The van der Waals surface area contributed by atoms with E-state index >= 15 is 0 Å². The van der Waals surface area contributed by atoms with Crippen LogP contribution in [0.5, 0.6) is 0 Å². The summed E-state index contributed by atoms with van der Waals surface area (Å²) in [5, 5.41) is 11.4. The smallest absolute Gasteiger partial charge is 0.248 e. The average molecular weight is 414 g/mol. The molecule has 2 fully saturated rings. The van der Waals surface area contributed by atoms with Crippen LogP contribution in [0.4, 0.5) is 0 Å². The first-order valence-electron chi connectivity index (χ1n) is 11.4. The lowest BCUT2D eigenvalue weighted by Crippen LogP contribution is -2.44. The minimum Gasteiger partial charge on any atom is -0.388 e. The lowest BCUT2D eigenvalue weighted by molar-refractivity contribution is -0.0158. The van der Waals surface area contributed by atoms with Gasteiger partial charge in [0.1, 0.15) is 0 Å². The number of carbonyl (C=O) groups is 1. The van der Waals surface area contributed by atoms with Gasteiger partial charge in [0, 0.05) is 11.0 Å². The molecule has 0 aliphatic heterocycles. The topological polar surface area (TPSA) is 63.3 Å². The number of aliphatic hydroxyl groups is 1. The van der Waals surface area contributed by atoms with Gasteiger partial charge >= 0.3 is 0 Å². The van der Waals surface area contributed by atoms with Crippen LogP contribution in [0.15, 0.2) is 54.6 Å². The number of fused-ring (bicyclic) bond motifs is 5. The largest absolute Gasteiger partial charge is 0.388 e. The molecular formula is C28H31NO2. The number of carbonyl (C=O) groups excluding carboxylic acids is 1. The molecule has 3 aliphatic carbocycles. The zero-order chi connectivity index (χ0) is 21.8. The molecule has 1 amide bonds. The molecule has 2 saturated carbocycles. The van der Waals surface area contributed by atoms with Gasteiger partial charge in [-0.05, 0) is 89.8 Å². The lowest BCUT2D eigenvalue weighted by Gasteiger charge is -2.49. The van der Waals surface area contributed by atoms with Gasteiger partial charge in [0.25, 0.3) is 0 Å². The number of aliphatic hydroxyl groups excluding tert-OH is 1. The summed E-state index contributed by atoms with van der Waals surface area (Å²) in [6.45, 7) is 6.21. The molecule has 5 rings (SSSR count). The number of nitrogens with two attached hydrogens (primary N) is 1. The van der Waals surface area contributed by atoms with Gasteiger partial charge in [-0.1, -0.05) is 56.0 Å². The quantitative estimate of drug-likeness (QED) is 0.713. The van der Waals surface area contributed by atoms with Gasteiger partial charge in [-0.25, -0.2) is 0 Å². The number of hydrogen-bond acceptors (Lipinski definition) is 2. The second kappa shape index (κ2) is 7.49. The highest BCUT2D eigenvalue weighted by Crippen LogP contribution is 2.62. The Morgan fingerprint density at radius 3 is 2.81 bits per heavy atom. The fourth-order valence-corrected chi connectivity index (χ4v) is 6.72. The van der Waals surface area contributed by atoms with Crippen molar-refractivity contribution in [2.24, 2.45) is 23.0 Å². The summed E-state index contributed by atoms with van der Waals surface area (Å²) in [4.78, 5) is 11.6. The molecule has 0 bridgehead atoms. The molecule has 2 aromatic rings. The zero-order valence-corrected chi connectivity index (χ0v) is 18.2. The summed E-state index contributed by atoms with van der Waals surface area (Å²) < 4.78 is 0. The second-order valence-electron chi connectivity index (χ2n) is 9.94. The fraction of sp³-hybridized carbons (Fsp3) is 0.393. The summed E-state index contributed by atoms with van der Waals surface area (Å²) in [5.74, 6) is 1.26. The standard InChI is InChI=1S/C28H31NO2/c1-3-17-7-9-22-19(13-17)8-10-24-23(22)11-12-28(2)25(24)16-21(26(28)30)15-18-5-4-6-20(14-18)27(29)31/h3-7,9,13-15,23-26,30H,1,8,10-12,16H2,2H3,(H2,29,31)/b21-15+. The maximum absolute atomic E-state index is 11.6. The molecule has 2 aromatic carbocycles. The Labute approximate surface area is 184 Å². The minimum absolute atomic E-state index is 0.0765. The lowest BCUT2D eigenvalue weighted by atomic mass is 9.55. The van der Waals surface area contributed by atoms with E-state index in [0.717, 1.165) is 36.8 Å². The van der Waals surface area contributed by atoms with Gasteiger partial charge in [-0.15, -0.1) is 0 Å². The third-order valence-electron chi connectivity index (χ3n) is 8.38. The highest BCUT2D eigenvalue weighted by atomic mass is 16.3. The monoisotopic (exact) mass is 413 g/mol. The average Bonchev–Trinajstić information content (AvgIpc) is 3.03. The molecule has 0 saturated heterocycles. The molecule has 5 atom stereocenters. The summed E-state index contributed by atoms with van der Waals surface area (Å²) in [7, 11) is 0. The molecule has 5 unspecified atom stereocenters. The molecule has 0 heterocycles. The van der Waals surface area contributed by atoms with Crippen molar-refractivity contribution in [1.82, 2.24) is 0 Å². The number of primary amides is 1. The van der Waals surface area contributed by atoms with E-state index in [-0.39, 0.29) is 5.41 Å². The van der Waals surface area contributed by atoms with Crippen molar-refractivity contribution in [3.05, 3.63) is 82.4 Å². The van der Waals surface area contributed by atoms with Crippen LogP contribution in [-0.2, 0) is 6.42 Å². The van der Waals surface area contributed by atoms with Crippen molar-refractivity contribution in [2.45, 2.75) is 51.0 Å². The van der Waals surface area contributed by atoms with Crippen LogP contribution in [0.2, 0.25) is 0 Å². The Balaban J connectivity index is 1.46. The molecule has 0 aromatic heterocycles. The van der Waals surface area contributed by atoms with Crippen molar-refractivity contribution >= 4 is 18.1 Å². The Bertz CT molecular complexity index is 1080. The van der Waals surface area contributed by atoms with E-state index in [4.69, 9.17) is 5.73 Å². The molecule has 31 heavy (non-hydrogen) atoms. The molecular weight excluding hydrogens is 382 g/mol. The first kappa shape index (κ1) is 20.3. The maximum Gasteiger partial charge on any atom is 0.248 e. The number of hydrogen-bond donors (Lipinski definition) is 2.